The standard InChI is InChI=1S/C18H18N6O/c25-17-10-13(11-23(17)14-6-7-14)19-15-8-9-16-20-21-18(24(16)22-15)12-4-2-1-3-5-12/h1-5,8-9,13-14H,6-7,10-11H2,(H,19,22). The third kappa shape index (κ3) is 2.61. The van der Waals surface area contributed by atoms with Gasteiger partial charge in [0.1, 0.15) is 5.82 Å². The van der Waals surface area contributed by atoms with Crippen molar-refractivity contribution in [3.8, 4) is 11.4 Å². The Balaban J connectivity index is 1.42. The van der Waals surface area contributed by atoms with E-state index in [1.807, 2.05) is 47.4 Å². The van der Waals surface area contributed by atoms with Gasteiger partial charge in [0.05, 0.1) is 6.04 Å². The van der Waals surface area contributed by atoms with Crippen molar-refractivity contribution in [1.29, 1.82) is 0 Å². The second-order valence-electron chi connectivity index (χ2n) is 6.70. The molecule has 2 aromatic heterocycles. The Morgan fingerprint density at radius 1 is 1.04 bits per heavy atom. The number of anilines is 1. The van der Waals surface area contributed by atoms with Gasteiger partial charge in [-0.05, 0) is 25.0 Å². The summed E-state index contributed by atoms with van der Waals surface area (Å²) in [6.07, 6.45) is 2.82. The molecule has 7 heteroatoms. The quantitative estimate of drug-likeness (QED) is 0.789. The van der Waals surface area contributed by atoms with Crippen LogP contribution >= 0.6 is 0 Å². The van der Waals surface area contributed by atoms with Gasteiger partial charge in [0.15, 0.2) is 11.5 Å². The maximum absolute atomic E-state index is 12.1. The molecule has 2 fully saturated rings. The van der Waals surface area contributed by atoms with E-state index in [2.05, 4.69) is 20.6 Å². The summed E-state index contributed by atoms with van der Waals surface area (Å²) < 4.78 is 1.74. The molecule has 1 aliphatic carbocycles. The summed E-state index contributed by atoms with van der Waals surface area (Å²) >= 11 is 0. The number of amides is 1. The molecule has 1 unspecified atom stereocenters. The zero-order valence-corrected chi connectivity index (χ0v) is 13.7. The van der Waals surface area contributed by atoms with E-state index >= 15 is 0 Å². The average molecular weight is 334 g/mol. The Kier molecular flexibility index (Phi) is 3.19. The monoisotopic (exact) mass is 334 g/mol. The second-order valence-corrected chi connectivity index (χ2v) is 6.70. The lowest BCUT2D eigenvalue weighted by atomic mass is 10.2. The zero-order valence-electron chi connectivity index (χ0n) is 13.7. The van der Waals surface area contributed by atoms with Crippen LogP contribution in [-0.4, -0.2) is 49.2 Å². The van der Waals surface area contributed by atoms with Crippen LogP contribution in [0.15, 0.2) is 42.5 Å². The van der Waals surface area contributed by atoms with E-state index in [1.165, 1.54) is 0 Å². The van der Waals surface area contributed by atoms with Gasteiger partial charge in [0, 0.05) is 24.6 Å². The third-order valence-electron chi connectivity index (χ3n) is 4.79. The van der Waals surface area contributed by atoms with Crippen LogP contribution in [0.2, 0.25) is 0 Å². The lowest BCUT2D eigenvalue weighted by Gasteiger charge is -2.16. The van der Waals surface area contributed by atoms with Crippen molar-refractivity contribution in [3.05, 3.63) is 42.5 Å². The Hall–Kier alpha value is -2.96. The van der Waals surface area contributed by atoms with Gasteiger partial charge >= 0.3 is 0 Å². The van der Waals surface area contributed by atoms with Gasteiger partial charge in [-0.15, -0.1) is 15.3 Å². The summed E-state index contributed by atoms with van der Waals surface area (Å²) in [5, 5.41) is 16.5. The molecule has 0 bridgehead atoms. The molecule has 25 heavy (non-hydrogen) atoms. The molecule has 1 amide bonds. The number of carbonyl (C=O) groups is 1. The number of nitrogens with zero attached hydrogens (tertiary/aromatic N) is 5. The van der Waals surface area contributed by atoms with Crippen molar-refractivity contribution in [1.82, 2.24) is 24.7 Å². The molecule has 1 aromatic carbocycles. The Morgan fingerprint density at radius 3 is 2.68 bits per heavy atom. The normalized spacial score (nSPS) is 20.4. The molecule has 126 valence electrons. The van der Waals surface area contributed by atoms with Gasteiger partial charge in [-0.25, -0.2) is 0 Å². The lowest BCUT2D eigenvalue weighted by Crippen LogP contribution is -2.30. The molecular formula is C18H18N6O. The molecule has 2 aliphatic rings. The number of nitrogens with one attached hydrogen (secondary N) is 1. The first-order valence-electron chi connectivity index (χ1n) is 8.62. The fraction of sp³-hybridized carbons (Fsp3) is 0.333. The van der Waals surface area contributed by atoms with Crippen molar-refractivity contribution >= 4 is 17.4 Å². The van der Waals surface area contributed by atoms with Crippen LogP contribution in [0.1, 0.15) is 19.3 Å². The highest BCUT2D eigenvalue weighted by Gasteiger charge is 2.39. The topological polar surface area (TPSA) is 75.4 Å². The number of fused-ring (bicyclic) bond motifs is 1. The fourth-order valence-electron chi connectivity index (χ4n) is 3.41. The molecule has 7 nitrogen and oxygen atoms in total. The molecule has 1 atom stereocenters. The van der Waals surface area contributed by atoms with Crippen molar-refractivity contribution in [3.63, 3.8) is 0 Å². The van der Waals surface area contributed by atoms with E-state index in [0.717, 1.165) is 30.8 Å². The summed E-state index contributed by atoms with van der Waals surface area (Å²) in [5.74, 6) is 1.69. The van der Waals surface area contributed by atoms with E-state index in [0.29, 0.717) is 23.9 Å². The number of rotatable bonds is 4. The highest BCUT2D eigenvalue weighted by Crippen LogP contribution is 2.31. The molecule has 0 radical (unpaired) electrons. The molecule has 3 heterocycles. The van der Waals surface area contributed by atoms with E-state index in [-0.39, 0.29) is 11.9 Å². The lowest BCUT2D eigenvalue weighted by molar-refractivity contribution is -0.128. The van der Waals surface area contributed by atoms with Crippen LogP contribution in [-0.2, 0) is 4.79 Å². The van der Waals surface area contributed by atoms with Crippen LogP contribution in [0.3, 0.4) is 0 Å². The van der Waals surface area contributed by atoms with Crippen LogP contribution < -0.4 is 5.32 Å². The number of benzene rings is 1. The second kappa shape index (κ2) is 5.54. The number of carbonyl (C=O) groups excluding carboxylic acids is 1. The minimum atomic E-state index is 0.106. The fourth-order valence-corrected chi connectivity index (χ4v) is 3.41. The predicted octanol–water partition coefficient (Wildman–Crippen LogP) is 1.97. The SMILES string of the molecule is O=C1CC(Nc2ccc3nnc(-c4ccccc4)n3n2)CN1C1CC1. The minimum absolute atomic E-state index is 0.106. The summed E-state index contributed by atoms with van der Waals surface area (Å²) in [4.78, 5) is 14.1. The molecule has 1 saturated carbocycles. The number of hydrogen-bond donors (Lipinski definition) is 1. The van der Waals surface area contributed by atoms with E-state index < -0.39 is 0 Å². The molecule has 5 rings (SSSR count). The van der Waals surface area contributed by atoms with Crippen molar-refractivity contribution < 1.29 is 4.79 Å². The maximum Gasteiger partial charge on any atom is 0.225 e. The zero-order chi connectivity index (χ0) is 16.8. The van der Waals surface area contributed by atoms with Crippen molar-refractivity contribution in [2.24, 2.45) is 0 Å². The first kappa shape index (κ1) is 14.4. The summed E-state index contributed by atoms with van der Waals surface area (Å²) in [7, 11) is 0. The van der Waals surface area contributed by atoms with Gasteiger partial charge in [-0.2, -0.15) is 4.52 Å². The molecule has 1 N–H and O–H groups in total. The number of aromatic nitrogens is 4. The molecule has 1 saturated heterocycles. The van der Waals surface area contributed by atoms with Crippen LogP contribution in [0.25, 0.3) is 17.0 Å². The first-order chi connectivity index (χ1) is 12.3. The van der Waals surface area contributed by atoms with E-state index in [1.54, 1.807) is 4.52 Å². The largest absolute Gasteiger partial charge is 0.364 e. The number of hydrogen-bond acceptors (Lipinski definition) is 5. The van der Waals surface area contributed by atoms with Gasteiger partial charge in [-0.1, -0.05) is 30.3 Å². The molecule has 3 aromatic rings. The molecule has 1 aliphatic heterocycles. The minimum Gasteiger partial charge on any atom is -0.364 e. The van der Waals surface area contributed by atoms with Gasteiger partial charge in [-0.3, -0.25) is 4.79 Å². The summed E-state index contributed by atoms with van der Waals surface area (Å²) in [6.45, 7) is 0.761. The van der Waals surface area contributed by atoms with Crippen LogP contribution in [0, 0.1) is 0 Å². The van der Waals surface area contributed by atoms with Crippen LogP contribution in [0.5, 0.6) is 0 Å². The van der Waals surface area contributed by atoms with E-state index in [4.69, 9.17) is 0 Å². The Labute approximate surface area is 144 Å². The summed E-state index contributed by atoms with van der Waals surface area (Å²) in [5.41, 5.74) is 1.67. The smallest absolute Gasteiger partial charge is 0.225 e. The van der Waals surface area contributed by atoms with Gasteiger partial charge in [0.25, 0.3) is 0 Å². The predicted molar refractivity (Wildman–Crippen MR) is 93.0 cm³/mol. The molecule has 0 spiro atoms. The third-order valence-corrected chi connectivity index (χ3v) is 4.79. The molecular weight excluding hydrogens is 316 g/mol. The number of likely N-dealkylation sites (tertiary alicyclic amines) is 1. The van der Waals surface area contributed by atoms with Gasteiger partial charge in [0.2, 0.25) is 5.91 Å². The first-order valence-corrected chi connectivity index (χ1v) is 8.62. The maximum atomic E-state index is 12.1. The highest BCUT2D eigenvalue weighted by atomic mass is 16.2. The Morgan fingerprint density at radius 2 is 1.88 bits per heavy atom. The van der Waals surface area contributed by atoms with Crippen molar-refractivity contribution in [2.75, 3.05) is 11.9 Å². The van der Waals surface area contributed by atoms with Gasteiger partial charge < -0.3 is 10.2 Å². The van der Waals surface area contributed by atoms with Crippen LogP contribution in [0.4, 0.5) is 5.82 Å². The van der Waals surface area contributed by atoms with E-state index in [9.17, 15) is 4.79 Å². The summed E-state index contributed by atoms with van der Waals surface area (Å²) in [6, 6.07) is 14.2. The highest BCUT2D eigenvalue weighted by molar-refractivity contribution is 5.80. The Bertz CT molecular complexity index is 933. The average Bonchev–Trinajstić information content (AvgIpc) is 3.29. The van der Waals surface area contributed by atoms with Crippen molar-refractivity contribution in [2.45, 2.75) is 31.3 Å².